The third-order valence-corrected chi connectivity index (χ3v) is 3.88. The van der Waals surface area contributed by atoms with Crippen LogP contribution in [0.15, 0.2) is 42.5 Å². The number of aromatic hydroxyl groups is 1. The average Bonchev–Trinajstić information content (AvgIpc) is 2.57. The summed E-state index contributed by atoms with van der Waals surface area (Å²) in [5.41, 5.74) is 6.45. The maximum absolute atomic E-state index is 12.4. The van der Waals surface area contributed by atoms with Crippen molar-refractivity contribution in [2.45, 2.75) is 32.4 Å². The van der Waals surface area contributed by atoms with E-state index in [0.29, 0.717) is 16.3 Å². The quantitative estimate of drug-likeness (QED) is 0.691. The molecule has 26 heavy (non-hydrogen) atoms. The second kappa shape index (κ2) is 8.58. The second-order valence-corrected chi connectivity index (χ2v) is 6.52. The minimum absolute atomic E-state index is 0.0447. The lowest BCUT2D eigenvalue weighted by atomic mass is 10.0. The maximum Gasteiger partial charge on any atom is 0.251 e. The number of hydrogen-bond acceptors (Lipinski definition) is 4. The van der Waals surface area contributed by atoms with Crippen LogP contribution in [0.2, 0.25) is 5.02 Å². The van der Waals surface area contributed by atoms with E-state index in [-0.39, 0.29) is 18.3 Å². The molecule has 2 aromatic rings. The minimum Gasteiger partial charge on any atom is -0.508 e. The van der Waals surface area contributed by atoms with E-state index in [9.17, 15) is 14.7 Å². The smallest absolute Gasteiger partial charge is 0.251 e. The van der Waals surface area contributed by atoms with Gasteiger partial charge in [0.2, 0.25) is 5.91 Å². The SMILES string of the molecule is CC(C)Oc1ccc(C(=O)NC(Cc2ccc(O)cc2)C(N)=O)cc1Cl. The van der Waals surface area contributed by atoms with Crippen molar-refractivity contribution in [3.63, 3.8) is 0 Å². The van der Waals surface area contributed by atoms with E-state index in [4.69, 9.17) is 22.1 Å². The van der Waals surface area contributed by atoms with E-state index in [1.54, 1.807) is 24.3 Å². The van der Waals surface area contributed by atoms with Crippen LogP contribution in [0, 0.1) is 0 Å². The molecule has 0 aromatic heterocycles. The van der Waals surface area contributed by atoms with Gasteiger partial charge in [-0.2, -0.15) is 0 Å². The number of amides is 2. The molecule has 4 N–H and O–H groups in total. The molecule has 0 heterocycles. The van der Waals surface area contributed by atoms with Crippen LogP contribution in [0.1, 0.15) is 29.8 Å². The number of phenolic OH excluding ortho intramolecular Hbond substituents is 1. The molecule has 2 amide bonds. The minimum atomic E-state index is -0.891. The molecule has 138 valence electrons. The monoisotopic (exact) mass is 376 g/mol. The van der Waals surface area contributed by atoms with Crippen LogP contribution in [-0.4, -0.2) is 29.1 Å². The van der Waals surface area contributed by atoms with Crippen molar-refractivity contribution in [1.29, 1.82) is 0 Å². The summed E-state index contributed by atoms with van der Waals surface area (Å²) >= 11 is 6.14. The van der Waals surface area contributed by atoms with Crippen LogP contribution in [0.25, 0.3) is 0 Å². The second-order valence-electron chi connectivity index (χ2n) is 6.11. The first-order valence-corrected chi connectivity index (χ1v) is 8.48. The molecule has 2 rings (SSSR count). The number of nitrogens with two attached hydrogens (primary N) is 1. The highest BCUT2D eigenvalue weighted by molar-refractivity contribution is 6.32. The van der Waals surface area contributed by atoms with Crippen molar-refractivity contribution in [2.75, 3.05) is 0 Å². The Morgan fingerprint density at radius 3 is 2.38 bits per heavy atom. The van der Waals surface area contributed by atoms with Gasteiger partial charge in [0.25, 0.3) is 5.91 Å². The van der Waals surface area contributed by atoms with Crippen LogP contribution in [-0.2, 0) is 11.2 Å². The summed E-state index contributed by atoms with van der Waals surface area (Å²) in [6.45, 7) is 3.75. The number of hydrogen-bond donors (Lipinski definition) is 3. The largest absolute Gasteiger partial charge is 0.508 e. The number of nitrogens with one attached hydrogen (secondary N) is 1. The Bertz CT molecular complexity index is 791. The molecule has 0 fully saturated rings. The molecule has 1 unspecified atom stereocenters. The van der Waals surface area contributed by atoms with Crippen LogP contribution in [0.4, 0.5) is 0 Å². The van der Waals surface area contributed by atoms with Gasteiger partial charge in [-0.3, -0.25) is 9.59 Å². The Labute approximate surface area is 156 Å². The van der Waals surface area contributed by atoms with E-state index in [0.717, 1.165) is 5.56 Å². The van der Waals surface area contributed by atoms with Gasteiger partial charge >= 0.3 is 0 Å². The molecular formula is C19H21ClN2O4. The third-order valence-electron chi connectivity index (χ3n) is 3.58. The van der Waals surface area contributed by atoms with E-state index >= 15 is 0 Å². The summed E-state index contributed by atoms with van der Waals surface area (Å²) in [6.07, 6.45) is 0.167. The van der Waals surface area contributed by atoms with E-state index in [1.807, 2.05) is 13.8 Å². The van der Waals surface area contributed by atoms with E-state index < -0.39 is 17.9 Å². The number of primary amides is 1. The molecule has 0 saturated carbocycles. The summed E-state index contributed by atoms with van der Waals surface area (Å²) < 4.78 is 5.53. The predicted molar refractivity (Wildman–Crippen MR) is 99.5 cm³/mol. The van der Waals surface area contributed by atoms with Gasteiger partial charge in [0, 0.05) is 12.0 Å². The molecule has 0 aliphatic rings. The van der Waals surface area contributed by atoms with Crippen LogP contribution in [0.5, 0.6) is 11.5 Å². The Morgan fingerprint density at radius 1 is 1.19 bits per heavy atom. The topological polar surface area (TPSA) is 102 Å². The fraction of sp³-hybridized carbons (Fsp3) is 0.263. The summed E-state index contributed by atoms with van der Waals surface area (Å²) in [7, 11) is 0. The van der Waals surface area contributed by atoms with Crippen molar-refractivity contribution < 1.29 is 19.4 Å². The standard InChI is InChI=1S/C19H21ClN2O4/c1-11(2)26-17-8-5-13(10-15(17)20)19(25)22-16(18(21)24)9-12-3-6-14(23)7-4-12/h3-8,10-11,16,23H,9H2,1-2H3,(H2,21,24)(H,22,25). The lowest BCUT2D eigenvalue weighted by Crippen LogP contribution is -2.45. The Balaban J connectivity index is 2.10. The molecule has 0 saturated heterocycles. The van der Waals surface area contributed by atoms with Crippen molar-refractivity contribution in [3.8, 4) is 11.5 Å². The highest BCUT2D eigenvalue weighted by Crippen LogP contribution is 2.26. The Morgan fingerprint density at radius 2 is 1.85 bits per heavy atom. The number of carbonyl (C=O) groups excluding carboxylic acids is 2. The number of rotatable bonds is 7. The molecule has 6 nitrogen and oxygen atoms in total. The Hall–Kier alpha value is -2.73. The summed E-state index contributed by atoms with van der Waals surface area (Å²) in [5, 5.41) is 12.2. The molecule has 7 heteroatoms. The van der Waals surface area contributed by atoms with Gasteiger partial charge in [-0.15, -0.1) is 0 Å². The van der Waals surface area contributed by atoms with Gasteiger partial charge in [-0.25, -0.2) is 0 Å². The number of ether oxygens (including phenoxy) is 1. The molecule has 0 radical (unpaired) electrons. The van der Waals surface area contributed by atoms with Crippen LogP contribution in [0.3, 0.4) is 0 Å². The molecule has 1 atom stereocenters. The summed E-state index contributed by atoms with van der Waals surface area (Å²) in [4.78, 5) is 24.1. The van der Waals surface area contributed by atoms with Gasteiger partial charge in [-0.05, 0) is 49.7 Å². The normalized spacial score (nSPS) is 11.8. The van der Waals surface area contributed by atoms with Crippen LogP contribution < -0.4 is 15.8 Å². The van der Waals surface area contributed by atoms with Crippen molar-refractivity contribution in [1.82, 2.24) is 5.32 Å². The lowest BCUT2D eigenvalue weighted by Gasteiger charge is -2.16. The first-order chi connectivity index (χ1) is 12.3. The van der Waals surface area contributed by atoms with Gasteiger partial charge in [0.15, 0.2) is 0 Å². The number of phenols is 1. The summed E-state index contributed by atoms with van der Waals surface area (Å²) in [6, 6.07) is 10.1. The number of halogens is 1. The molecule has 2 aromatic carbocycles. The fourth-order valence-corrected chi connectivity index (χ4v) is 2.55. The number of carbonyl (C=O) groups is 2. The third kappa shape index (κ3) is 5.39. The highest BCUT2D eigenvalue weighted by atomic mass is 35.5. The van der Waals surface area contributed by atoms with Gasteiger partial charge in [0.05, 0.1) is 11.1 Å². The zero-order valence-corrected chi connectivity index (χ0v) is 15.3. The number of benzene rings is 2. The molecule has 0 bridgehead atoms. The molecular weight excluding hydrogens is 356 g/mol. The summed E-state index contributed by atoms with van der Waals surface area (Å²) in [5.74, 6) is -0.525. The average molecular weight is 377 g/mol. The first-order valence-electron chi connectivity index (χ1n) is 8.10. The van der Waals surface area contributed by atoms with Crippen LogP contribution >= 0.6 is 11.6 Å². The molecule has 0 aliphatic heterocycles. The maximum atomic E-state index is 12.4. The zero-order valence-electron chi connectivity index (χ0n) is 14.5. The van der Waals surface area contributed by atoms with Crippen molar-refractivity contribution >= 4 is 23.4 Å². The zero-order chi connectivity index (χ0) is 19.3. The molecule has 0 aliphatic carbocycles. The Kier molecular flexibility index (Phi) is 6.46. The van der Waals surface area contributed by atoms with Gasteiger partial charge in [-0.1, -0.05) is 23.7 Å². The lowest BCUT2D eigenvalue weighted by molar-refractivity contribution is -0.119. The highest BCUT2D eigenvalue weighted by Gasteiger charge is 2.20. The first kappa shape index (κ1) is 19.6. The van der Waals surface area contributed by atoms with Crippen molar-refractivity contribution in [3.05, 3.63) is 58.6 Å². The van der Waals surface area contributed by atoms with Gasteiger partial charge in [0.1, 0.15) is 17.5 Å². The molecule has 0 spiro atoms. The van der Waals surface area contributed by atoms with Gasteiger partial charge < -0.3 is 20.9 Å². The van der Waals surface area contributed by atoms with E-state index in [2.05, 4.69) is 5.32 Å². The van der Waals surface area contributed by atoms with Crippen molar-refractivity contribution in [2.24, 2.45) is 5.73 Å². The predicted octanol–water partition coefficient (Wildman–Crippen LogP) is 2.66. The fourth-order valence-electron chi connectivity index (χ4n) is 2.32. The van der Waals surface area contributed by atoms with E-state index in [1.165, 1.54) is 18.2 Å².